The van der Waals surface area contributed by atoms with Gasteiger partial charge in [0.25, 0.3) is 0 Å². The van der Waals surface area contributed by atoms with E-state index in [2.05, 4.69) is 10.0 Å². The fourth-order valence-corrected chi connectivity index (χ4v) is 4.49. The maximum Gasteiger partial charge on any atom is 0.245 e. The first-order valence-corrected chi connectivity index (χ1v) is 10.5. The number of nitrogens with one attached hydrogen (secondary N) is 2. The summed E-state index contributed by atoms with van der Waals surface area (Å²) in [5.74, 6) is 0.672. The molecule has 0 aromatic heterocycles. The van der Waals surface area contributed by atoms with Crippen LogP contribution in [0.15, 0.2) is 23.1 Å². The number of hydrogen-bond acceptors (Lipinski definition) is 4. The van der Waals surface area contributed by atoms with Crippen LogP contribution in [-0.2, 0) is 14.8 Å². The van der Waals surface area contributed by atoms with E-state index in [4.69, 9.17) is 16.3 Å². The second-order valence-corrected chi connectivity index (χ2v) is 8.75. The molecule has 0 spiro atoms. The highest BCUT2D eigenvalue weighted by molar-refractivity contribution is 7.89. The van der Waals surface area contributed by atoms with Crippen molar-refractivity contribution in [3.8, 4) is 5.75 Å². The monoisotopic (exact) mass is 386 g/mol. The summed E-state index contributed by atoms with van der Waals surface area (Å²) >= 11 is 5.99. The summed E-state index contributed by atoms with van der Waals surface area (Å²) in [5, 5.41) is 3.03. The predicted octanol–water partition coefficient (Wildman–Crippen LogP) is 2.47. The van der Waals surface area contributed by atoms with Crippen molar-refractivity contribution >= 4 is 27.5 Å². The molecule has 1 saturated carbocycles. The van der Waals surface area contributed by atoms with Gasteiger partial charge in [-0.05, 0) is 49.8 Å². The Morgan fingerprint density at radius 1 is 1.24 bits per heavy atom. The van der Waals surface area contributed by atoms with Gasteiger partial charge in [0.1, 0.15) is 16.7 Å². The van der Waals surface area contributed by atoms with Crippen molar-refractivity contribution in [3.05, 3.63) is 23.2 Å². The lowest BCUT2D eigenvalue weighted by Gasteiger charge is -2.17. The molecular weight excluding hydrogens is 364 g/mol. The van der Waals surface area contributed by atoms with Gasteiger partial charge in [0.05, 0.1) is 6.61 Å². The van der Waals surface area contributed by atoms with Crippen LogP contribution in [0, 0.1) is 5.92 Å². The van der Waals surface area contributed by atoms with Crippen LogP contribution in [0.4, 0.5) is 0 Å². The molecule has 0 bridgehead atoms. The number of amides is 1. The second-order valence-electron chi connectivity index (χ2n) is 6.63. The van der Waals surface area contributed by atoms with E-state index in [0.717, 1.165) is 19.3 Å². The van der Waals surface area contributed by atoms with Gasteiger partial charge >= 0.3 is 0 Å². The fourth-order valence-electron chi connectivity index (χ4n) is 2.86. The molecule has 1 amide bonds. The molecule has 1 saturated heterocycles. The van der Waals surface area contributed by atoms with Crippen molar-refractivity contribution in [3.63, 3.8) is 0 Å². The van der Waals surface area contributed by atoms with Gasteiger partial charge < -0.3 is 10.1 Å². The van der Waals surface area contributed by atoms with E-state index in [1.165, 1.54) is 18.9 Å². The van der Waals surface area contributed by atoms with Crippen molar-refractivity contribution < 1.29 is 17.9 Å². The van der Waals surface area contributed by atoms with E-state index >= 15 is 0 Å². The molecule has 3 rings (SSSR count). The predicted molar refractivity (Wildman–Crippen MR) is 95.3 cm³/mol. The van der Waals surface area contributed by atoms with Crippen molar-refractivity contribution in [2.45, 2.75) is 49.5 Å². The van der Waals surface area contributed by atoms with Gasteiger partial charge in [0, 0.05) is 11.6 Å². The normalized spacial score (nSPS) is 21.5. The minimum Gasteiger partial charge on any atom is -0.492 e. The van der Waals surface area contributed by atoms with Crippen LogP contribution >= 0.6 is 11.6 Å². The lowest BCUT2D eigenvalue weighted by Crippen LogP contribution is -2.45. The van der Waals surface area contributed by atoms with Gasteiger partial charge in [-0.1, -0.05) is 24.4 Å². The number of sulfonamides is 1. The zero-order chi connectivity index (χ0) is 17.9. The molecular formula is C17H23ClN2O4S. The van der Waals surface area contributed by atoms with Crippen LogP contribution in [0.25, 0.3) is 0 Å². The minimum absolute atomic E-state index is 0.0205. The summed E-state index contributed by atoms with van der Waals surface area (Å²) < 4.78 is 33.8. The van der Waals surface area contributed by atoms with Crippen LogP contribution < -0.4 is 14.8 Å². The summed E-state index contributed by atoms with van der Waals surface area (Å²) in [6.07, 6.45) is 5.45. The SMILES string of the molecule is O=C1NCCCCC1NS(=O)(=O)c1cc(Cl)ccc1OCCC1CC1. The highest BCUT2D eigenvalue weighted by Gasteiger charge is 2.29. The van der Waals surface area contributed by atoms with E-state index in [-0.39, 0.29) is 16.6 Å². The molecule has 1 heterocycles. The third-order valence-corrected chi connectivity index (χ3v) is 6.24. The van der Waals surface area contributed by atoms with Crippen molar-refractivity contribution in [1.29, 1.82) is 0 Å². The van der Waals surface area contributed by atoms with Gasteiger partial charge in [-0.3, -0.25) is 4.79 Å². The highest BCUT2D eigenvalue weighted by Crippen LogP contribution is 2.33. The van der Waals surface area contributed by atoms with E-state index in [1.54, 1.807) is 12.1 Å². The van der Waals surface area contributed by atoms with Crippen molar-refractivity contribution in [1.82, 2.24) is 10.0 Å². The first-order chi connectivity index (χ1) is 12.0. The van der Waals surface area contributed by atoms with Gasteiger partial charge in [-0.15, -0.1) is 0 Å². The van der Waals surface area contributed by atoms with Crippen LogP contribution in [-0.4, -0.2) is 33.5 Å². The van der Waals surface area contributed by atoms with Crippen LogP contribution in [0.2, 0.25) is 5.02 Å². The molecule has 1 aromatic rings. The zero-order valence-corrected chi connectivity index (χ0v) is 15.5. The number of carbonyl (C=O) groups is 1. The number of rotatable bonds is 7. The molecule has 1 aliphatic heterocycles. The number of benzene rings is 1. The fraction of sp³-hybridized carbons (Fsp3) is 0.588. The molecule has 25 heavy (non-hydrogen) atoms. The quantitative estimate of drug-likeness (QED) is 0.753. The van der Waals surface area contributed by atoms with Gasteiger partial charge in [0.2, 0.25) is 15.9 Å². The third kappa shape index (κ3) is 5.09. The lowest BCUT2D eigenvalue weighted by molar-refractivity contribution is -0.122. The molecule has 138 valence electrons. The van der Waals surface area contributed by atoms with Crippen molar-refractivity contribution in [2.75, 3.05) is 13.2 Å². The highest BCUT2D eigenvalue weighted by atomic mass is 35.5. The van der Waals surface area contributed by atoms with E-state index in [1.807, 2.05) is 0 Å². The molecule has 8 heteroatoms. The smallest absolute Gasteiger partial charge is 0.245 e. The second kappa shape index (κ2) is 7.93. The van der Waals surface area contributed by atoms with Gasteiger partial charge in [-0.2, -0.15) is 4.72 Å². The van der Waals surface area contributed by atoms with Crippen LogP contribution in [0.5, 0.6) is 5.75 Å². The Morgan fingerprint density at radius 3 is 2.80 bits per heavy atom. The Hall–Kier alpha value is -1.31. The molecule has 2 aliphatic rings. The summed E-state index contributed by atoms with van der Waals surface area (Å²) in [7, 11) is -3.92. The number of ether oxygens (including phenoxy) is 1. The molecule has 1 aromatic carbocycles. The molecule has 1 atom stereocenters. The average Bonchev–Trinajstić information content (AvgIpc) is 3.39. The number of carbonyl (C=O) groups excluding carboxylic acids is 1. The summed E-state index contributed by atoms with van der Waals surface area (Å²) in [6, 6.07) is 3.76. The maximum absolute atomic E-state index is 12.8. The molecule has 1 aliphatic carbocycles. The summed E-state index contributed by atoms with van der Waals surface area (Å²) in [6.45, 7) is 1.04. The van der Waals surface area contributed by atoms with E-state index < -0.39 is 16.1 Å². The molecule has 0 radical (unpaired) electrons. The van der Waals surface area contributed by atoms with Crippen molar-refractivity contribution in [2.24, 2.45) is 5.92 Å². The Labute approximate surface area is 153 Å². The molecule has 1 unspecified atom stereocenters. The Kier molecular flexibility index (Phi) is 5.86. The van der Waals surface area contributed by atoms with Gasteiger partial charge in [-0.25, -0.2) is 8.42 Å². The lowest BCUT2D eigenvalue weighted by atomic mass is 10.1. The number of hydrogen-bond donors (Lipinski definition) is 2. The van der Waals surface area contributed by atoms with Gasteiger partial charge in [0.15, 0.2) is 0 Å². The average molecular weight is 387 g/mol. The first-order valence-electron chi connectivity index (χ1n) is 8.68. The maximum atomic E-state index is 12.8. The number of halogens is 1. The van der Waals surface area contributed by atoms with E-state index in [9.17, 15) is 13.2 Å². The Balaban J connectivity index is 1.76. The molecule has 2 N–H and O–H groups in total. The summed E-state index contributed by atoms with van der Waals surface area (Å²) in [4.78, 5) is 12.0. The standard InChI is InChI=1S/C17H23ClN2O4S/c18-13-6-7-15(24-10-8-12-4-5-12)16(11-13)25(22,23)20-14-3-1-2-9-19-17(14)21/h6-7,11-12,14,20H,1-5,8-10H2,(H,19,21). The molecule has 6 nitrogen and oxygen atoms in total. The first kappa shape index (κ1) is 18.5. The summed E-state index contributed by atoms with van der Waals surface area (Å²) in [5.41, 5.74) is 0. The minimum atomic E-state index is -3.92. The topological polar surface area (TPSA) is 84.5 Å². The van der Waals surface area contributed by atoms with Crippen LogP contribution in [0.1, 0.15) is 38.5 Å². The van der Waals surface area contributed by atoms with E-state index in [0.29, 0.717) is 30.5 Å². The van der Waals surface area contributed by atoms with Crippen LogP contribution in [0.3, 0.4) is 0 Å². The Morgan fingerprint density at radius 2 is 2.04 bits per heavy atom. The third-order valence-electron chi connectivity index (χ3n) is 4.51. The molecule has 2 fully saturated rings. The largest absolute Gasteiger partial charge is 0.492 e. The zero-order valence-electron chi connectivity index (χ0n) is 14.0. The Bertz CT molecular complexity index is 734.